The summed E-state index contributed by atoms with van der Waals surface area (Å²) < 4.78 is 6.94. The SMILES string of the molecule is CC[N+](C)(CC)CCOc1ccc(C(=O)N2C/C(=C\c3ccc(C)cc3)C(=O)/C(=C/c3ccc(C)cc3)C2)cc1. The van der Waals surface area contributed by atoms with Crippen LogP contribution in [0.4, 0.5) is 0 Å². The molecule has 1 fully saturated rings. The smallest absolute Gasteiger partial charge is 0.254 e. The summed E-state index contributed by atoms with van der Waals surface area (Å²) in [7, 11) is 2.23. The first-order valence-electron chi connectivity index (χ1n) is 14.1. The Hall–Kier alpha value is -3.96. The highest BCUT2D eigenvalue weighted by molar-refractivity contribution is 6.15. The number of rotatable bonds is 9. The lowest BCUT2D eigenvalue weighted by molar-refractivity contribution is -0.906. The van der Waals surface area contributed by atoms with Crippen LogP contribution in [0.15, 0.2) is 83.9 Å². The maximum absolute atomic E-state index is 13.6. The van der Waals surface area contributed by atoms with Crippen molar-refractivity contribution in [1.29, 1.82) is 0 Å². The minimum absolute atomic E-state index is 0.0153. The summed E-state index contributed by atoms with van der Waals surface area (Å²) in [4.78, 5) is 28.9. The molecule has 3 aromatic carbocycles. The number of likely N-dealkylation sites (N-methyl/N-ethyl adjacent to an activating group) is 1. The van der Waals surface area contributed by atoms with Crippen LogP contribution in [0.2, 0.25) is 0 Å². The highest BCUT2D eigenvalue weighted by atomic mass is 16.5. The summed E-state index contributed by atoms with van der Waals surface area (Å²) in [5.74, 6) is 0.632. The molecule has 0 unspecified atom stereocenters. The molecule has 0 N–H and O–H groups in total. The van der Waals surface area contributed by atoms with Gasteiger partial charge < -0.3 is 14.1 Å². The summed E-state index contributed by atoms with van der Waals surface area (Å²) in [6.45, 7) is 12.7. The van der Waals surface area contributed by atoms with Crippen molar-refractivity contribution in [3.05, 3.63) is 112 Å². The van der Waals surface area contributed by atoms with Crippen LogP contribution in [0.25, 0.3) is 12.2 Å². The Morgan fingerprint density at radius 1 is 0.800 bits per heavy atom. The van der Waals surface area contributed by atoms with Crippen molar-refractivity contribution in [3.8, 4) is 5.75 Å². The Bertz CT molecular complexity index is 1310. The first kappa shape index (κ1) is 29.0. The second kappa shape index (κ2) is 12.9. The molecule has 5 nitrogen and oxygen atoms in total. The molecule has 0 aliphatic carbocycles. The van der Waals surface area contributed by atoms with Crippen LogP contribution in [-0.4, -0.2) is 67.5 Å². The molecule has 0 radical (unpaired) electrons. The van der Waals surface area contributed by atoms with Gasteiger partial charge in [-0.25, -0.2) is 0 Å². The highest BCUT2D eigenvalue weighted by Crippen LogP contribution is 2.25. The van der Waals surface area contributed by atoms with E-state index in [1.54, 1.807) is 4.90 Å². The van der Waals surface area contributed by atoms with Gasteiger partial charge >= 0.3 is 0 Å². The molecule has 1 aliphatic heterocycles. The van der Waals surface area contributed by atoms with Crippen LogP contribution in [-0.2, 0) is 4.79 Å². The molecule has 1 aliphatic rings. The molecule has 1 amide bonds. The van der Waals surface area contributed by atoms with E-state index in [0.717, 1.165) is 52.1 Å². The monoisotopic (exact) mass is 537 g/mol. The first-order chi connectivity index (χ1) is 19.2. The van der Waals surface area contributed by atoms with E-state index >= 15 is 0 Å². The van der Waals surface area contributed by atoms with E-state index in [1.165, 1.54) is 0 Å². The highest BCUT2D eigenvalue weighted by Gasteiger charge is 2.29. The van der Waals surface area contributed by atoms with Crippen LogP contribution < -0.4 is 4.74 Å². The minimum atomic E-state index is -0.107. The second-order valence-electron chi connectivity index (χ2n) is 11.0. The molecule has 0 spiro atoms. The summed E-state index contributed by atoms with van der Waals surface area (Å²) in [5.41, 5.74) is 5.99. The third kappa shape index (κ3) is 7.36. The summed E-state index contributed by atoms with van der Waals surface area (Å²) in [5, 5.41) is 0. The van der Waals surface area contributed by atoms with E-state index in [1.807, 2.05) is 98.8 Å². The normalized spacial score (nSPS) is 16.0. The van der Waals surface area contributed by atoms with Crippen LogP contribution in [0.3, 0.4) is 0 Å². The van der Waals surface area contributed by atoms with Crippen molar-refractivity contribution >= 4 is 23.8 Å². The number of Topliss-reactive ketones (excluding diaryl/α,β-unsaturated/α-hetero) is 1. The standard InChI is InChI=1S/C35H41N2O3/c1-6-37(5,7-2)20-21-40-33-18-16-30(17-19-33)35(39)36-24-31(22-28-12-8-26(3)9-13-28)34(38)32(25-36)23-29-14-10-27(4)11-15-29/h8-19,22-23H,6-7,20-21,24-25H2,1-5H3/q+1/b31-22+,32-23+. The van der Waals surface area contributed by atoms with Crippen molar-refractivity contribution in [2.45, 2.75) is 27.7 Å². The summed E-state index contributed by atoms with van der Waals surface area (Å²) in [6.07, 6.45) is 3.81. The number of likely N-dealkylation sites (tertiary alicyclic amines) is 1. The van der Waals surface area contributed by atoms with Gasteiger partial charge in [0.05, 0.1) is 33.2 Å². The molecular weight excluding hydrogens is 496 g/mol. The Balaban J connectivity index is 1.55. The number of carbonyl (C=O) groups excluding carboxylic acids is 2. The molecule has 1 heterocycles. The number of ether oxygens (including phenoxy) is 1. The number of hydrogen-bond donors (Lipinski definition) is 0. The Kier molecular flexibility index (Phi) is 9.38. The first-order valence-corrected chi connectivity index (χ1v) is 14.1. The maximum Gasteiger partial charge on any atom is 0.254 e. The van der Waals surface area contributed by atoms with Gasteiger partial charge in [-0.05, 0) is 75.2 Å². The van der Waals surface area contributed by atoms with E-state index in [9.17, 15) is 9.59 Å². The molecule has 208 valence electrons. The predicted molar refractivity (Wildman–Crippen MR) is 163 cm³/mol. The number of quaternary nitrogens is 1. The molecule has 0 atom stereocenters. The van der Waals surface area contributed by atoms with Crippen LogP contribution in [0, 0.1) is 13.8 Å². The number of benzene rings is 3. The molecule has 1 saturated heterocycles. The molecular formula is C35H41N2O3+. The van der Waals surface area contributed by atoms with Gasteiger partial charge in [-0.1, -0.05) is 59.7 Å². The van der Waals surface area contributed by atoms with Crippen molar-refractivity contribution in [3.63, 3.8) is 0 Å². The quantitative estimate of drug-likeness (QED) is 0.236. The lowest BCUT2D eigenvalue weighted by Crippen LogP contribution is -2.46. The van der Waals surface area contributed by atoms with Crippen molar-refractivity contribution in [1.82, 2.24) is 4.90 Å². The van der Waals surface area contributed by atoms with Gasteiger partial charge in [-0.2, -0.15) is 0 Å². The van der Waals surface area contributed by atoms with Gasteiger partial charge in [0.1, 0.15) is 18.9 Å². The molecule has 0 aromatic heterocycles. The van der Waals surface area contributed by atoms with Crippen LogP contribution in [0.1, 0.15) is 46.5 Å². The van der Waals surface area contributed by atoms with Gasteiger partial charge in [0.25, 0.3) is 5.91 Å². The molecule has 40 heavy (non-hydrogen) atoms. The number of piperidine rings is 1. The number of aryl methyl sites for hydroxylation is 2. The molecule has 4 rings (SSSR count). The fourth-order valence-corrected chi connectivity index (χ4v) is 4.71. The Morgan fingerprint density at radius 2 is 1.27 bits per heavy atom. The van der Waals surface area contributed by atoms with Gasteiger partial charge in [0.2, 0.25) is 0 Å². The van der Waals surface area contributed by atoms with E-state index in [4.69, 9.17) is 4.74 Å². The summed E-state index contributed by atoms with van der Waals surface area (Å²) in [6, 6.07) is 23.5. The molecule has 3 aromatic rings. The van der Waals surface area contributed by atoms with Crippen molar-refractivity contribution in [2.75, 3.05) is 46.4 Å². The zero-order valence-electron chi connectivity index (χ0n) is 24.4. The van der Waals surface area contributed by atoms with Gasteiger partial charge in [-0.3, -0.25) is 9.59 Å². The van der Waals surface area contributed by atoms with E-state index < -0.39 is 0 Å². The average Bonchev–Trinajstić information content (AvgIpc) is 2.97. The van der Waals surface area contributed by atoms with E-state index in [0.29, 0.717) is 23.3 Å². The van der Waals surface area contributed by atoms with Crippen LogP contribution in [0.5, 0.6) is 5.75 Å². The number of ketones is 1. The van der Waals surface area contributed by atoms with Gasteiger partial charge in [0.15, 0.2) is 5.78 Å². The Morgan fingerprint density at radius 3 is 1.73 bits per heavy atom. The predicted octanol–water partition coefficient (Wildman–Crippen LogP) is 6.36. The lowest BCUT2D eigenvalue weighted by atomic mass is 9.93. The lowest BCUT2D eigenvalue weighted by Gasteiger charge is -2.31. The van der Waals surface area contributed by atoms with Crippen molar-refractivity contribution < 1.29 is 18.8 Å². The molecule has 5 heteroatoms. The summed E-state index contributed by atoms with van der Waals surface area (Å²) >= 11 is 0. The third-order valence-electron chi connectivity index (χ3n) is 7.96. The third-order valence-corrected chi connectivity index (χ3v) is 7.96. The van der Waals surface area contributed by atoms with Gasteiger partial charge in [-0.15, -0.1) is 0 Å². The second-order valence-corrected chi connectivity index (χ2v) is 11.0. The van der Waals surface area contributed by atoms with Crippen LogP contribution >= 0.6 is 0 Å². The maximum atomic E-state index is 13.6. The molecule has 0 saturated carbocycles. The number of amides is 1. The number of carbonyl (C=O) groups is 2. The minimum Gasteiger partial charge on any atom is -0.488 e. The van der Waals surface area contributed by atoms with Crippen molar-refractivity contribution in [2.24, 2.45) is 0 Å². The van der Waals surface area contributed by atoms with Gasteiger partial charge in [0, 0.05) is 16.7 Å². The topological polar surface area (TPSA) is 46.6 Å². The zero-order valence-corrected chi connectivity index (χ0v) is 24.4. The number of nitrogens with zero attached hydrogens (tertiary/aromatic N) is 2. The fraction of sp³-hybridized carbons (Fsp3) is 0.314. The average molecular weight is 538 g/mol. The largest absolute Gasteiger partial charge is 0.488 e. The fourth-order valence-electron chi connectivity index (χ4n) is 4.71. The Labute approximate surface area is 239 Å². The molecule has 0 bridgehead atoms. The van der Waals surface area contributed by atoms with E-state index in [-0.39, 0.29) is 24.8 Å². The number of hydrogen-bond acceptors (Lipinski definition) is 3. The van der Waals surface area contributed by atoms with E-state index in [2.05, 4.69) is 20.9 Å². The zero-order chi connectivity index (χ0) is 28.7.